The Bertz CT molecular complexity index is 632. The van der Waals surface area contributed by atoms with E-state index in [2.05, 4.69) is 45.8 Å². The van der Waals surface area contributed by atoms with Crippen LogP contribution < -0.4 is 0 Å². The predicted octanol–water partition coefficient (Wildman–Crippen LogP) is 5.34. The first kappa shape index (κ1) is 23.0. The minimum Gasteiger partial charge on any atom is -0.477 e. The third-order valence-corrected chi connectivity index (χ3v) is 4.58. The highest BCUT2D eigenvalue weighted by Crippen LogP contribution is 2.23. The maximum absolute atomic E-state index is 9.90. The van der Waals surface area contributed by atoms with Crippen LogP contribution in [0.5, 0.6) is 0 Å². The van der Waals surface area contributed by atoms with E-state index in [1.807, 2.05) is 32.0 Å². The van der Waals surface area contributed by atoms with Crippen molar-refractivity contribution < 1.29 is 19.1 Å². The van der Waals surface area contributed by atoms with Crippen LogP contribution in [0, 0.1) is 0 Å². The summed E-state index contributed by atoms with van der Waals surface area (Å²) < 4.78 is 11.4. The quantitative estimate of drug-likeness (QED) is 0.232. The number of aliphatic hydroxyl groups excluding tert-OH is 1. The molecule has 0 fully saturated rings. The normalized spacial score (nSPS) is 14.1. The molecule has 4 nitrogen and oxygen atoms in total. The highest BCUT2D eigenvalue weighted by Gasteiger charge is 2.28. The van der Waals surface area contributed by atoms with E-state index in [-0.39, 0.29) is 12.0 Å². The zero-order valence-corrected chi connectivity index (χ0v) is 17.6. The first-order valence-electron chi connectivity index (χ1n) is 9.57. The van der Waals surface area contributed by atoms with Gasteiger partial charge in [0.05, 0.1) is 33.9 Å². The molecule has 150 valence electrons. The summed E-state index contributed by atoms with van der Waals surface area (Å²) in [6.45, 7) is 11.9. The van der Waals surface area contributed by atoms with Crippen LogP contribution in [-0.4, -0.2) is 42.9 Å². The van der Waals surface area contributed by atoms with Crippen molar-refractivity contribution in [3.63, 3.8) is 0 Å². The molecule has 0 aliphatic heterocycles. The predicted molar refractivity (Wildman–Crippen MR) is 112 cm³/mol. The molecule has 1 unspecified atom stereocenters. The fourth-order valence-corrected chi connectivity index (χ4v) is 3.13. The van der Waals surface area contributed by atoms with Gasteiger partial charge in [0.15, 0.2) is 6.20 Å². The molecule has 0 aromatic heterocycles. The number of hydrogen-bond acceptors (Lipinski definition) is 3. The van der Waals surface area contributed by atoms with Crippen LogP contribution in [-0.2, 0) is 16.1 Å². The van der Waals surface area contributed by atoms with Gasteiger partial charge in [0.2, 0.25) is 0 Å². The Balaban J connectivity index is 2.55. The molecular formula is C23H36NO3+. The SMILES string of the molecule is C=C(C)C(CC/C(C)=C/COCc1ccccc1)[N+](C)(C)/C=C(\O)OCC. The summed E-state index contributed by atoms with van der Waals surface area (Å²) >= 11 is 0. The molecule has 0 saturated carbocycles. The molecule has 1 rings (SSSR count). The molecule has 1 N–H and O–H groups in total. The fraction of sp³-hybridized carbons (Fsp3) is 0.478. The van der Waals surface area contributed by atoms with Gasteiger partial charge in [-0.05, 0) is 38.3 Å². The summed E-state index contributed by atoms with van der Waals surface area (Å²) in [6.07, 6.45) is 5.78. The zero-order chi connectivity index (χ0) is 20.3. The molecule has 0 spiro atoms. The Kier molecular flexibility index (Phi) is 9.90. The lowest BCUT2D eigenvalue weighted by Gasteiger charge is -2.35. The summed E-state index contributed by atoms with van der Waals surface area (Å²) in [5, 5.41) is 9.90. The third-order valence-electron chi connectivity index (χ3n) is 4.58. The van der Waals surface area contributed by atoms with Crippen molar-refractivity contribution in [1.82, 2.24) is 0 Å². The number of aliphatic hydroxyl groups is 1. The fourth-order valence-electron chi connectivity index (χ4n) is 3.13. The number of benzene rings is 1. The van der Waals surface area contributed by atoms with Crippen molar-refractivity contribution in [2.45, 2.75) is 46.3 Å². The van der Waals surface area contributed by atoms with Gasteiger partial charge >= 0.3 is 5.95 Å². The number of nitrogens with zero attached hydrogens (tertiary/aromatic N) is 1. The Labute approximate surface area is 165 Å². The van der Waals surface area contributed by atoms with Crippen molar-refractivity contribution in [2.24, 2.45) is 0 Å². The van der Waals surface area contributed by atoms with Gasteiger partial charge in [-0.2, -0.15) is 0 Å². The molecule has 0 saturated heterocycles. The van der Waals surface area contributed by atoms with Crippen LogP contribution in [0.4, 0.5) is 0 Å². The van der Waals surface area contributed by atoms with Gasteiger partial charge in [0.1, 0.15) is 6.04 Å². The smallest absolute Gasteiger partial charge is 0.332 e. The molecule has 1 atom stereocenters. The van der Waals surface area contributed by atoms with Gasteiger partial charge < -0.3 is 14.6 Å². The average Bonchev–Trinajstić information content (AvgIpc) is 2.59. The number of rotatable bonds is 12. The maximum atomic E-state index is 9.90. The summed E-state index contributed by atoms with van der Waals surface area (Å²) in [6, 6.07) is 10.4. The van der Waals surface area contributed by atoms with Crippen molar-refractivity contribution in [2.75, 3.05) is 27.3 Å². The maximum Gasteiger partial charge on any atom is 0.332 e. The van der Waals surface area contributed by atoms with Gasteiger partial charge in [-0.15, -0.1) is 0 Å². The van der Waals surface area contributed by atoms with Gasteiger partial charge in [-0.3, -0.25) is 4.48 Å². The van der Waals surface area contributed by atoms with Crippen LogP contribution in [0.1, 0.15) is 39.2 Å². The van der Waals surface area contributed by atoms with Crippen molar-refractivity contribution in [3.8, 4) is 0 Å². The Morgan fingerprint density at radius 3 is 2.48 bits per heavy atom. The first-order chi connectivity index (χ1) is 12.8. The molecule has 4 heteroatoms. The van der Waals surface area contributed by atoms with E-state index in [0.29, 0.717) is 24.3 Å². The number of ether oxygens (including phenoxy) is 2. The standard InChI is InChI=1S/C23H35NO3/c1-7-27-23(25)17-24(5,6)22(19(2)3)14-13-20(4)15-16-26-18-21-11-9-8-10-12-21/h8-12,15,17,22H,2,7,13-14,16,18H2,1,3-6H3/p+1/b20-15+,23-17+. The molecule has 0 bridgehead atoms. The third kappa shape index (κ3) is 8.94. The Morgan fingerprint density at radius 1 is 1.22 bits per heavy atom. The summed E-state index contributed by atoms with van der Waals surface area (Å²) in [4.78, 5) is 0. The van der Waals surface area contributed by atoms with Crippen LogP contribution in [0.3, 0.4) is 0 Å². The van der Waals surface area contributed by atoms with E-state index < -0.39 is 0 Å². The monoisotopic (exact) mass is 374 g/mol. The topological polar surface area (TPSA) is 38.7 Å². The van der Waals surface area contributed by atoms with Crippen LogP contribution >= 0.6 is 0 Å². The molecule has 27 heavy (non-hydrogen) atoms. The lowest BCUT2D eigenvalue weighted by Crippen LogP contribution is -2.45. The van der Waals surface area contributed by atoms with E-state index in [0.717, 1.165) is 18.4 Å². The van der Waals surface area contributed by atoms with Gasteiger partial charge in [0.25, 0.3) is 0 Å². The molecule has 0 aliphatic carbocycles. The second kappa shape index (κ2) is 11.6. The molecule has 0 aliphatic rings. The van der Waals surface area contributed by atoms with Gasteiger partial charge in [-0.1, -0.05) is 48.6 Å². The highest BCUT2D eigenvalue weighted by molar-refractivity contribution is 5.13. The average molecular weight is 375 g/mol. The molecular weight excluding hydrogens is 338 g/mol. The summed E-state index contributed by atoms with van der Waals surface area (Å²) in [5.74, 6) is -0.0321. The largest absolute Gasteiger partial charge is 0.477 e. The van der Waals surface area contributed by atoms with Crippen LogP contribution in [0.25, 0.3) is 0 Å². The van der Waals surface area contributed by atoms with Gasteiger partial charge in [-0.25, -0.2) is 0 Å². The van der Waals surface area contributed by atoms with E-state index in [9.17, 15) is 5.11 Å². The number of likely N-dealkylation sites (N-methyl/N-ethyl adjacent to an activating group) is 1. The molecule has 0 amide bonds. The highest BCUT2D eigenvalue weighted by atomic mass is 16.6. The van der Waals surface area contributed by atoms with E-state index in [1.165, 1.54) is 11.1 Å². The van der Waals surface area contributed by atoms with Crippen LogP contribution in [0.15, 0.2) is 66.3 Å². The minimum absolute atomic E-state index is 0.0321. The number of quaternary nitrogens is 1. The van der Waals surface area contributed by atoms with Crippen molar-refractivity contribution in [1.29, 1.82) is 0 Å². The second-order valence-electron chi connectivity index (χ2n) is 7.48. The van der Waals surface area contributed by atoms with Crippen LogP contribution in [0.2, 0.25) is 0 Å². The molecule has 1 aromatic carbocycles. The van der Waals surface area contributed by atoms with E-state index >= 15 is 0 Å². The lowest BCUT2D eigenvalue weighted by atomic mass is 9.99. The van der Waals surface area contributed by atoms with E-state index in [1.54, 1.807) is 6.20 Å². The van der Waals surface area contributed by atoms with Gasteiger partial charge in [0, 0.05) is 6.42 Å². The molecule has 0 heterocycles. The Hall–Kier alpha value is -2.04. The number of allylic oxidation sites excluding steroid dienone is 1. The summed E-state index contributed by atoms with van der Waals surface area (Å²) in [7, 11) is 4.10. The second-order valence-corrected chi connectivity index (χ2v) is 7.48. The van der Waals surface area contributed by atoms with Crippen molar-refractivity contribution in [3.05, 3.63) is 71.8 Å². The number of hydrogen-bond donors (Lipinski definition) is 1. The Morgan fingerprint density at radius 2 is 1.89 bits per heavy atom. The molecule has 1 aromatic rings. The van der Waals surface area contributed by atoms with E-state index in [4.69, 9.17) is 9.47 Å². The zero-order valence-electron chi connectivity index (χ0n) is 17.6. The first-order valence-corrected chi connectivity index (χ1v) is 9.57. The molecule has 0 radical (unpaired) electrons. The summed E-state index contributed by atoms with van der Waals surface area (Å²) in [5.41, 5.74) is 3.58. The minimum atomic E-state index is -0.0321. The van der Waals surface area contributed by atoms with Crippen molar-refractivity contribution >= 4 is 0 Å². The lowest BCUT2D eigenvalue weighted by molar-refractivity contribution is -0.861.